The van der Waals surface area contributed by atoms with Crippen molar-refractivity contribution in [1.82, 2.24) is 4.67 Å². The van der Waals surface area contributed by atoms with Gasteiger partial charge in [-0.15, -0.1) is 0 Å². The van der Waals surface area contributed by atoms with Crippen LogP contribution in [0.2, 0.25) is 0 Å². The lowest BCUT2D eigenvalue weighted by Crippen LogP contribution is -2.24. The van der Waals surface area contributed by atoms with E-state index in [1.54, 1.807) is 30.5 Å². The standard InChI is InChI=1S/C17H21N2O3S2/c1-12-7-14(23-11-12)10-22-17-9-18-8-16(19-17)13-3-5-15(6-4-13)24(2,20)21/h3-6,9,12,14H,7-8,10-11H2,1-2H3/q+1. The summed E-state index contributed by atoms with van der Waals surface area (Å²) < 4.78 is 33.4. The van der Waals surface area contributed by atoms with Crippen LogP contribution in [0.15, 0.2) is 34.2 Å². The van der Waals surface area contributed by atoms with E-state index in [0.29, 0.717) is 29.2 Å². The van der Waals surface area contributed by atoms with Crippen molar-refractivity contribution in [1.29, 1.82) is 0 Å². The smallest absolute Gasteiger partial charge is 0.430 e. The van der Waals surface area contributed by atoms with Gasteiger partial charge in [0.1, 0.15) is 13.2 Å². The number of hydrogen-bond donors (Lipinski definition) is 0. The van der Waals surface area contributed by atoms with Crippen LogP contribution in [0.3, 0.4) is 0 Å². The van der Waals surface area contributed by atoms with Crippen LogP contribution in [0.25, 0.3) is 0 Å². The van der Waals surface area contributed by atoms with Gasteiger partial charge in [0.15, 0.2) is 16.1 Å². The summed E-state index contributed by atoms with van der Waals surface area (Å²) in [6.07, 6.45) is 4.04. The van der Waals surface area contributed by atoms with E-state index < -0.39 is 9.84 Å². The molecule has 0 aliphatic carbocycles. The second kappa shape index (κ2) is 7.13. The van der Waals surface area contributed by atoms with Crippen molar-refractivity contribution in [2.24, 2.45) is 10.9 Å². The zero-order chi connectivity index (χ0) is 17.2. The molecule has 2 aliphatic rings. The average molecular weight is 366 g/mol. The molecule has 0 saturated carbocycles. The fraction of sp³-hybridized carbons (Fsp3) is 0.471. The van der Waals surface area contributed by atoms with Crippen molar-refractivity contribution in [2.75, 3.05) is 25.2 Å². The molecule has 1 saturated heterocycles. The first-order valence-corrected chi connectivity index (χ1v) is 10.8. The normalized spacial score (nSPS) is 23.8. The minimum atomic E-state index is -3.19. The summed E-state index contributed by atoms with van der Waals surface area (Å²) in [6, 6.07) is 6.73. The molecule has 1 aromatic rings. The molecule has 1 aromatic carbocycles. The van der Waals surface area contributed by atoms with Gasteiger partial charge in [-0.2, -0.15) is 11.8 Å². The number of hydrogen-bond acceptors (Lipinski definition) is 5. The largest absolute Gasteiger partial charge is 0.505 e. The number of thioether (sulfide) groups is 1. The van der Waals surface area contributed by atoms with Crippen molar-refractivity contribution in [3.63, 3.8) is 0 Å². The van der Waals surface area contributed by atoms with E-state index >= 15 is 0 Å². The van der Waals surface area contributed by atoms with Gasteiger partial charge in [0.25, 0.3) is 0 Å². The maximum Gasteiger partial charge on any atom is 0.505 e. The quantitative estimate of drug-likeness (QED) is 0.760. The molecule has 2 heterocycles. The molecule has 0 bridgehead atoms. The molecule has 128 valence electrons. The fourth-order valence-electron chi connectivity index (χ4n) is 2.71. The molecule has 5 nitrogen and oxygen atoms in total. The monoisotopic (exact) mass is 365 g/mol. The minimum Gasteiger partial charge on any atom is -0.430 e. The first kappa shape index (κ1) is 17.3. The molecule has 7 heteroatoms. The average Bonchev–Trinajstić information content (AvgIpc) is 2.98. The van der Waals surface area contributed by atoms with Crippen LogP contribution in [-0.2, 0) is 14.6 Å². The Morgan fingerprint density at radius 1 is 1.33 bits per heavy atom. The van der Waals surface area contributed by atoms with Crippen LogP contribution in [0.1, 0.15) is 18.9 Å². The van der Waals surface area contributed by atoms with Gasteiger partial charge in [0.2, 0.25) is 0 Å². The van der Waals surface area contributed by atoms with Crippen LogP contribution in [0.5, 0.6) is 0 Å². The highest BCUT2D eigenvalue weighted by molar-refractivity contribution is 8.00. The van der Waals surface area contributed by atoms with Gasteiger partial charge < -0.3 is 4.74 Å². The highest BCUT2D eigenvalue weighted by Gasteiger charge is 2.26. The molecule has 2 atom stereocenters. The third-order valence-corrected chi connectivity index (χ3v) is 6.69. The topological polar surface area (TPSA) is 69.8 Å². The lowest BCUT2D eigenvalue weighted by molar-refractivity contribution is 0.302. The SMILES string of the molecule is CC1CSC(COC2=[N+]=C(c3ccc(S(C)(=O)=O)cc3)CN=C2)C1. The molecule has 2 unspecified atom stereocenters. The molecular weight excluding hydrogens is 344 g/mol. The zero-order valence-corrected chi connectivity index (χ0v) is 15.4. The molecule has 0 aromatic heterocycles. The lowest BCUT2D eigenvalue weighted by Gasteiger charge is -2.07. The highest BCUT2D eigenvalue weighted by atomic mass is 32.2. The summed E-state index contributed by atoms with van der Waals surface area (Å²) in [5.74, 6) is 2.48. The van der Waals surface area contributed by atoms with Crippen molar-refractivity contribution in [2.45, 2.75) is 23.5 Å². The summed E-state index contributed by atoms with van der Waals surface area (Å²) in [5.41, 5.74) is 1.66. The van der Waals surface area contributed by atoms with Gasteiger partial charge in [0.05, 0.1) is 10.5 Å². The third kappa shape index (κ3) is 4.29. The van der Waals surface area contributed by atoms with E-state index in [4.69, 9.17) is 4.74 Å². The summed E-state index contributed by atoms with van der Waals surface area (Å²) >= 11 is 1.95. The summed E-state index contributed by atoms with van der Waals surface area (Å²) in [7, 11) is -3.19. The Morgan fingerprint density at radius 2 is 2.08 bits per heavy atom. The minimum absolute atomic E-state index is 0.305. The Bertz CT molecular complexity index is 807. The highest BCUT2D eigenvalue weighted by Crippen LogP contribution is 2.30. The van der Waals surface area contributed by atoms with Crippen LogP contribution in [-0.4, -0.2) is 56.7 Å². The van der Waals surface area contributed by atoms with Crippen LogP contribution >= 0.6 is 11.8 Å². The van der Waals surface area contributed by atoms with Crippen molar-refractivity contribution >= 4 is 39.4 Å². The Labute approximate surface area is 146 Å². The maximum absolute atomic E-state index is 11.5. The lowest BCUT2D eigenvalue weighted by atomic mass is 10.1. The first-order valence-electron chi connectivity index (χ1n) is 7.91. The molecule has 2 aliphatic heterocycles. The van der Waals surface area contributed by atoms with E-state index in [0.717, 1.165) is 17.2 Å². The van der Waals surface area contributed by atoms with Crippen LogP contribution in [0.4, 0.5) is 0 Å². The van der Waals surface area contributed by atoms with E-state index in [1.165, 1.54) is 18.4 Å². The summed E-state index contributed by atoms with van der Waals surface area (Å²) in [5, 5.41) is 0.524. The molecule has 3 rings (SSSR count). The number of ether oxygens (including phenoxy) is 1. The Morgan fingerprint density at radius 3 is 2.71 bits per heavy atom. The molecule has 1 fully saturated rings. The third-order valence-electron chi connectivity index (χ3n) is 4.00. The van der Waals surface area contributed by atoms with E-state index in [9.17, 15) is 8.42 Å². The van der Waals surface area contributed by atoms with Gasteiger partial charge in [0, 0.05) is 11.5 Å². The van der Waals surface area contributed by atoms with Gasteiger partial charge in [-0.3, -0.25) is 4.99 Å². The molecule has 0 N–H and O–H groups in total. The number of benzene rings is 1. The van der Waals surface area contributed by atoms with Gasteiger partial charge >= 0.3 is 11.6 Å². The molecule has 0 radical (unpaired) electrons. The number of rotatable bonds is 4. The zero-order valence-electron chi connectivity index (χ0n) is 13.8. The van der Waals surface area contributed by atoms with E-state index in [-0.39, 0.29) is 0 Å². The maximum atomic E-state index is 11.5. The Kier molecular flexibility index (Phi) is 5.13. The number of nitrogens with zero attached hydrogens (tertiary/aromatic N) is 2. The van der Waals surface area contributed by atoms with Gasteiger partial charge in [-0.25, -0.2) is 8.42 Å². The number of sulfone groups is 1. The summed E-state index contributed by atoms with van der Waals surface area (Å²) in [4.78, 5) is 4.61. The first-order chi connectivity index (χ1) is 11.4. The Balaban J connectivity index is 1.73. The second-order valence-electron chi connectivity index (χ2n) is 6.27. The Hall–Kier alpha value is -1.56. The van der Waals surface area contributed by atoms with Gasteiger partial charge in [-0.1, -0.05) is 6.92 Å². The predicted molar refractivity (Wildman–Crippen MR) is 100 cm³/mol. The molecular formula is C17H21N2O3S2+. The van der Waals surface area contributed by atoms with E-state index in [2.05, 4.69) is 16.6 Å². The van der Waals surface area contributed by atoms with Crippen molar-refractivity contribution < 1.29 is 13.2 Å². The van der Waals surface area contributed by atoms with Gasteiger partial charge in [-0.05, 0) is 47.0 Å². The summed E-state index contributed by atoms with van der Waals surface area (Å²) in [6.45, 7) is 3.39. The van der Waals surface area contributed by atoms with Crippen molar-refractivity contribution in [3.05, 3.63) is 29.8 Å². The number of aliphatic imine (C=N–C) groups is 1. The molecule has 0 amide bonds. The predicted octanol–water partition coefficient (Wildman–Crippen LogP) is 1.59. The van der Waals surface area contributed by atoms with E-state index in [1.807, 2.05) is 11.8 Å². The molecule has 24 heavy (non-hydrogen) atoms. The molecule has 0 spiro atoms. The fourth-order valence-corrected chi connectivity index (χ4v) is 4.70. The van der Waals surface area contributed by atoms with Crippen LogP contribution < -0.4 is 4.67 Å². The second-order valence-corrected chi connectivity index (χ2v) is 9.62. The van der Waals surface area contributed by atoms with Crippen LogP contribution in [0, 0.1) is 5.92 Å². The van der Waals surface area contributed by atoms with Crippen molar-refractivity contribution in [3.8, 4) is 0 Å².